The zero-order valence-electron chi connectivity index (χ0n) is 58.8. The molecule has 40 heteroatoms. The molecule has 0 saturated heterocycles. The van der Waals surface area contributed by atoms with Crippen molar-refractivity contribution in [2.75, 3.05) is 26.4 Å². The molecule has 0 radical (unpaired) electrons. The second kappa shape index (κ2) is 44.6. The third-order valence-corrected chi connectivity index (χ3v) is 21.6. The molecule has 24 nitrogen and oxygen atoms in total. The maximum absolute atomic E-state index is 13.2. The lowest BCUT2D eigenvalue weighted by atomic mass is 9.86. The first-order valence-electron chi connectivity index (χ1n) is 33.2. The van der Waals surface area contributed by atoms with Crippen LogP contribution in [0.2, 0.25) is 0 Å². The first-order chi connectivity index (χ1) is 45.7. The molecule has 6 unspecified atom stereocenters. The molecule has 4 aliphatic rings. The molecule has 0 bridgehead atoms. The van der Waals surface area contributed by atoms with E-state index in [9.17, 15) is 129 Å². The lowest BCUT2D eigenvalue weighted by Gasteiger charge is -2.25. The smallest absolute Gasteiger partial charge is 0.364 e. The lowest BCUT2D eigenvalue weighted by molar-refractivity contribution is -0.153. The molecular weight excluding hydrogens is 1470 g/mol. The van der Waals surface area contributed by atoms with Gasteiger partial charge in [0.2, 0.25) is 0 Å². The topological polar surface area (TPSA) is 415 Å². The van der Waals surface area contributed by atoms with E-state index in [1.54, 1.807) is 13.8 Å². The Kier molecular flexibility index (Phi) is 44.9. The fourth-order valence-electron chi connectivity index (χ4n) is 8.53. The van der Waals surface area contributed by atoms with E-state index in [4.69, 9.17) is 15.3 Å². The largest absolute Gasteiger partial charge is 0.743 e. The first-order valence-corrected chi connectivity index (χ1v) is 38.8. The summed E-state index contributed by atoms with van der Waals surface area (Å²) < 4.78 is 295. The minimum atomic E-state index is -6.12. The summed E-state index contributed by atoms with van der Waals surface area (Å²) >= 11 is 0. The Morgan fingerprint density at radius 3 is 0.733 bits per heavy atom. The quantitative estimate of drug-likeness (QED) is 0.0205. The van der Waals surface area contributed by atoms with Gasteiger partial charge in [-0.05, 0) is 117 Å². The van der Waals surface area contributed by atoms with Gasteiger partial charge in [0.15, 0.2) is 65.2 Å². The molecule has 0 spiro atoms. The number of carbonyl (C=O) groups is 4. The Bertz CT molecular complexity index is 2840. The van der Waals surface area contributed by atoms with E-state index in [0.29, 0.717) is 57.8 Å². The van der Waals surface area contributed by atoms with E-state index >= 15 is 0 Å². The Balaban J connectivity index is -0.00000116. The summed E-state index contributed by atoms with van der Waals surface area (Å²) in [5.74, 6) is -4.34. The zero-order chi connectivity index (χ0) is 79.8. The molecule has 0 heterocycles. The minimum Gasteiger partial charge on any atom is -0.743 e. The van der Waals surface area contributed by atoms with Crippen molar-refractivity contribution >= 4 is 64.3 Å². The third-order valence-electron chi connectivity index (χ3n) is 17.9. The van der Waals surface area contributed by atoms with E-state index in [2.05, 4.69) is 18.9 Å². The van der Waals surface area contributed by atoms with Crippen molar-refractivity contribution in [3.63, 3.8) is 0 Å². The number of hydrogen-bond acceptors (Lipinski definition) is 24. The average molecular weight is 1580 g/mol. The molecule has 4 aliphatic carbocycles. The molecule has 4 rings (SSSR count). The highest BCUT2D eigenvalue weighted by atomic mass is 32.2. The minimum absolute atomic E-state index is 0.285. The number of hydrogen-bond donors (Lipinski definition) is 4. The van der Waals surface area contributed by atoms with Crippen molar-refractivity contribution in [1.29, 1.82) is 0 Å². The maximum atomic E-state index is 13.2. The van der Waals surface area contributed by atoms with Gasteiger partial charge in [0.1, 0.15) is 0 Å². The van der Waals surface area contributed by atoms with Gasteiger partial charge in [-0.25, -0.2) is 51.2 Å². The van der Waals surface area contributed by atoms with Gasteiger partial charge in [0.05, 0.1) is 72.5 Å². The molecule has 6 atom stereocenters. The van der Waals surface area contributed by atoms with Gasteiger partial charge in [-0.2, -0.15) is 35.1 Å². The van der Waals surface area contributed by atoms with Crippen LogP contribution in [0.25, 0.3) is 0 Å². The molecule has 4 N–H and O–H groups in total. The highest BCUT2D eigenvalue weighted by Gasteiger charge is 2.55. The predicted molar refractivity (Wildman–Crippen MR) is 337 cm³/mol. The summed E-state index contributed by atoms with van der Waals surface area (Å²) in [7, 11) is -24.3. The molecule has 101 heavy (non-hydrogen) atoms. The van der Waals surface area contributed by atoms with Crippen LogP contribution in [0, 0.1) is 29.6 Å². The summed E-state index contributed by atoms with van der Waals surface area (Å²) in [4.78, 5) is 45.7. The first kappa shape index (κ1) is 102. The second-order valence-corrected chi connectivity index (χ2v) is 31.4. The normalized spacial score (nSPS) is 18.8. The number of rotatable bonds is 33. The van der Waals surface area contributed by atoms with Crippen molar-refractivity contribution in [2.24, 2.45) is 29.6 Å². The molecule has 604 valence electrons. The van der Waals surface area contributed by atoms with E-state index in [-0.39, 0.29) is 23.7 Å². The van der Waals surface area contributed by atoms with E-state index in [1.165, 1.54) is 0 Å². The Labute approximate surface area is 585 Å². The van der Waals surface area contributed by atoms with Gasteiger partial charge in [-0.1, -0.05) is 93.9 Å². The molecule has 0 amide bonds. The predicted octanol–water partition coefficient (Wildman–Crippen LogP) is 11.0. The van der Waals surface area contributed by atoms with Gasteiger partial charge in [-0.15, -0.1) is 0 Å². The van der Waals surface area contributed by atoms with Crippen LogP contribution in [-0.2, 0) is 78.6 Å². The van der Waals surface area contributed by atoms with Crippen LogP contribution in [0.3, 0.4) is 0 Å². The summed E-state index contributed by atoms with van der Waals surface area (Å²) in [5.41, 5.74) is -2.25. The summed E-state index contributed by atoms with van der Waals surface area (Å²) in [6.07, 6.45) is -1.42. The van der Waals surface area contributed by atoms with Gasteiger partial charge in [-0.3, -0.25) is 19.2 Å². The number of carbonyl (C=O) groups excluding carboxylic acids is 4. The third kappa shape index (κ3) is 36.6. The fraction of sp³-hybridized carbons (Fsp3) is 0.934. The van der Waals surface area contributed by atoms with Crippen molar-refractivity contribution in [2.45, 2.75) is 305 Å². The van der Waals surface area contributed by atoms with Crippen molar-refractivity contribution < 1.29 is 163 Å². The van der Waals surface area contributed by atoms with Crippen LogP contribution in [0.1, 0.15) is 237 Å². The fourth-order valence-corrected chi connectivity index (χ4v) is 10.3. The number of alkyl halides is 12. The molecule has 0 aromatic carbocycles. The SMILES string of the molecule is CCC(C)(O)CC.CCC(C)(O)CC.CCC(C)(O)CC.CCC(O)(CC)C1CC1C(=O)OCCC(F)C(F)(F)S(=O)(=O)[O-].O=C(OCCC(F)C(F)(F)S(=O)(=O)[O-])C1CCC1.O=C(OCCC(F)C(F)(F)S(=O)(=O)[O-])C1CCCC1.O=C(OCCC(F)C(F)(F)S(=O)(=O)[O-])C1CCCCC1. The monoisotopic (exact) mass is 1580 g/mol. The highest BCUT2D eigenvalue weighted by molar-refractivity contribution is 7.87. The lowest BCUT2D eigenvalue weighted by Crippen LogP contribution is -2.39. The summed E-state index contributed by atoms with van der Waals surface area (Å²) in [5, 5.41) is 17.5. The van der Waals surface area contributed by atoms with Crippen LogP contribution >= 0.6 is 0 Å². The molecule has 4 fully saturated rings. The average Bonchev–Trinajstić information content (AvgIpc) is 1.67. The van der Waals surface area contributed by atoms with Gasteiger partial charge in [0, 0.05) is 31.6 Å². The van der Waals surface area contributed by atoms with Crippen LogP contribution in [0.4, 0.5) is 52.7 Å². The molecule has 0 aliphatic heterocycles. The van der Waals surface area contributed by atoms with E-state index in [0.717, 1.165) is 77.0 Å². The maximum Gasteiger partial charge on any atom is 0.364 e. The Morgan fingerprint density at radius 1 is 0.366 bits per heavy atom. The van der Waals surface area contributed by atoms with Crippen LogP contribution in [0.5, 0.6) is 0 Å². The van der Waals surface area contributed by atoms with E-state index in [1.807, 2.05) is 62.3 Å². The Morgan fingerprint density at radius 2 is 0.564 bits per heavy atom. The summed E-state index contributed by atoms with van der Waals surface area (Å²) in [6, 6.07) is 0. The van der Waals surface area contributed by atoms with Crippen LogP contribution in [0.15, 0.2) is 0 Å². The molecule has 0 aromatic heterocycles. The standard InChI is InChI=1S/C13H21F3O6S.C11H17F3O5S.C10H15F3O5S.C9H13F3O5S.3C6H14O/c1-3-12(18,4-2)9-7-8(9)11(17)22-6-5-10(14)13(15,16)23(19,20)21;12-9(11(13,14)20(16,17)18)6-7-19-10(15)8-4-2-1-3-5-8;11-8(10(12,13)19(15,16)17)5-6-18-9(14)7-3-1-2-4-7;10-7(9(11,12)18(14,15)16)4-5-17-8(13)6-2-1-3-6;3*1-4-6(3,7)5-2/h8-10,18H,3-7H2,1-2H3,(H,19,20,21);8-9H,1-7H2,(H,16,17,18);7-8H,1-6H2,(H,15,16,17);6-7H,1-5H2,(H,14,15,16);3*7H,4-5H2,1-3H3/p-4. The summed E-state index contributed by atoms with van der Waals surface area (Å²) in [6.45, 7) is 18.2. The molecular formula is C61H104F12O24S4-4. The van der Waals surface area contributed by atoms with E-state index < -0.39 is 190 Å². The van der Waals surface area contributed by atoms with Gasteiger partial charge < -0.3 is 57.6 Å². The van der Waals surface area contributed by atoms with Crippen molar-refractivity contribution in [3.8, 4) is 0 Å². The van der Waals surface area contributed by atoms with Crippen LogP contribution < -0.4 is 0 Å². The van der Waals surface area contributed by atoms with Crippen LogP contribution in [-0.4, -0.2) is 191 Å². The zero-order valence-corrected chi connectivity index (χ0v) is 62.1. The number of aliphatic hydroxyl groups is 4. The van der Waals surface area contributed by atoms with Gasteiger partial charge >= 0.3 is 44.9 Å². The van der Waals surface area contributed by atoms with Crippen molar-refractivity contribution in [3.05, 3.63) is 0 Å². The second-order valence-electron chi connectivity index (χ2n) is 25.6. The van der Waals surface area contributed by atoms with Crippen molar-refractivity contribution in [1.82, 2.24) is 0 Å². The number of ether oxygens (including phenoxy) is 4. The Hall–Kier alpha value is -3.48. The molecule has 0 aromatic rings. The number of esters is 4. The van der Waals surface area contributed by atoms with Gasteiger partial charge in [0.25, 0.3) is 0 Å². The number of halogens is 12. The highest BCUT2D eigenvalue weighted by Crippen LogP contribution is 2.50. The molecule has 4 saturated carbocycles.